The summed E-state index contributed by atoms with van der Waals surface area (Å²) in [5, 5.41) is 2.75. The fraction of sp³-hybridized carbons (Fsp3) is 0.300. The quantitative estimate of drug-likeness (QED) is 0.556. The summed E-state index contributed by atoms with van der Waals surface area (Å²) in [7, 11) is 0. The largest absolute Gasteiger partial charge is 0.343 e. The molecule has 0 amide bonds. The van der Waals surface area contributed by atoms with Crippen molar-refractivity contribution in [1.82, 2.24) is 4.57 Å². The SMILES string of the molecule is c1ccc(-c2c3ccccc3cn2C2CCCCC2)cc1. The maximum Gasteiger partial charge on any atom is 0.0562 e. The molecule has 1 aliphatic rings. The number of nitrogens with zero attached hydrogens (tertiary/aromatic N) is 1. The normalized spacial score (nSPS) is 16.4. The van der Waals surface area contributed by atoms with Crippen molar-refractivity contribution in [2.75, 3.05) is 0 Å². The van der Waals surface area contributed by atoms with Crippen molar-refractivity contribution in [3.63, 3.8) is 0 Å². The zero-order chi connectivity index (χ0) is 14.1. The van der Waals surface area contributed by atoms with Gasteiger partial charge in [0, 0.05) is 23.0 Å². The molecule has 1 heteroatoms. The van der Waals surface area contributed by atoms with Crippen LogP contribution in [0.2, 0.25) is 0 Å². The molecule has 21 heavy (non-hydrogen) atoms. The molecule has 0 atom stereocenters. The van der Waals surface area contributed by atoms with Crippen LogP contribution in [0, 0.1) is 0 Å². The predicted molar refractivity (Wildman–Crippen MR) is 89.5 cm³/mol. The molecule has 0 bridgehead atoms. The third kappa shape index (κ3) is 2.27. The Kier molecular flexibility index (Phi) is 3.27. The van der Waals surface area contributed by atoms with Gasteiger partial charge in [-0.25, -0.2) is 0 Å². The second-order valence-corrected chi connectivity index (χ2v) is 6.13. The first-order valence-electron chi connectivity index (χ1n) is 8.08. The van der Waals surface area contributed by atoms with Crippen LogP contribution in [-0.4, -0.2) is 4.57 Å². The summed E-state index contributed by atoms with van der Waals surface area (Å²) in [5.74, 6) is 0. The molecule has 1 saturated carbocycles. The lowest BCUT2D eigenvalue weighted by Gasteiger charge is -2.25. The van der Waals surface area contributed by atoms with Gasteiger partial charge in [-0.2, -0.15) is 0 Å². The molecule has 1 aromatic heterocycles. The lowest BCUT2D eigenvalue weighted by Crippen LogP contribution is -2.12. The van der Waals surface area contributed by atoms with E-state index in [9.17, 15) is 0 Å². The van der Waals surface area contributed by atoms with Crippen molar-refractivity contribution in [3.8, 4) is 11.3 Å². The Morgan fingerprint density at radius 3 is 2.29 bits per heavy atom. The van der Waals surface area contributed by atoms with Crippen LogP contribution in [0.1, 0.15) is 38.1 Å². The van der Waals surface area contributed by atoms with E-state index in [2.05, 4.69) is 65.4 Å². The van der Waals surface area contributed by atoms with E-state index in [1.807, 2.05) is 0 Å². The minimum absolute atomic E-state index is 0.668. The Labute approximate surface area is 126 Å². The summed E-state index contributed by atoms with van der Waals surface area (Å²) in [5.41, 5.74) is 2.74. The molecular weight excluding hydrogens is 254 g/mol. The van der Waals surface area contributed by atoms with Crippen molar-refractivity contribution in [2.45, 2.75) is 38.1 Å². The van der Waals surface area contributed by atoms with Gasteiger partial charge in [0.1, 0.15) is 0 Å². The van der Waals surface area contributed by atoms with E-state index in [0.29, 0.717) is 6.04 Å². The average Bonchev–Trinajstić information content (AvgIpc) is 2.96. The van der Waals surface area contributed by atoms with E-state index < -0.39 is 0 Å². The van der Waals surface area contributed by atoms with Crippen molar-refractivity contribution in [2.24, 2.45) is 0 Å². The standard InChI is InChI=1S/C20H21N/c1-3-9-16(10-4-1)20-19-14-8-7-11-17(19)15-21(20)18-12-5-2-6-13-18/h1,3-4,7-11,14-15,18H,2,5-6,12-13H2. The van der Waals surface area contributed by atoms with Gasteiger partial charge in [0.05, 0.1) is 5.69 Å². The maximum atomic E-state index is 2.55. The van der Waals surface area contributed by atoms with Gasteiger partial charge < -0.3 is 4.57 Å². The molecule has 106 valence electrons. The van der Waals surface area contributed by atoms with Crippen LogP contribution in [0.5, 0.6) is 0 Å². The first kappa shape index (κ1) is 12.7. The van der Waals surface area contributed by atoms with Gasteiger partial charge >= 0.3 is 0 Å². The number of rotatable bonds is 2. The maximum absolute atomic E-state index is 2.55. The zero-order valence-electron chi connectivity index (χ0n) is 12.3. The fourth-order valence-electron chi connectivity index (χ4n) is 3.73. The number of hydrogen-bond acceptors (Lipinski definition) is 0. The number of aromatic nitrogens is 1. The highest BCUT2D eigenvalue weighted by Gasteiger charge is 2.20. The van der Waals surface area contributed by atoms with Crippen molar-refractivity contribution in [1.29, 1.82) is 0 Å². The number of fused-ring (bicyclic) bond motifs is 1. The van der Waals surface area contributed by atoms with Gasteiger partial charge in [-0.15, -0.1) is 0 Å². The summed E-state index contributed by atoms with van der Waals surface area (Å²) < 4.78 is 2.55. The third-order valence-corrected chi connectivity index (χ3v) is 4.77. The average molecular weight is 275 g/mol. The molecule has 0 saturated heterocycles. The summed E-state index contributed by atoms with van der Waals surface area (Å²) in [6.07, 6.45) is 9.15. The molecule has 0 unspecified atom stereocenters. The Morgan fingerprint density at radius 2 is 1.48 bits per heavy atom. The molecule has 0 N–H and O–H groups in total. The molecule has 2 aromatic carbocycles. The molecule has 1 heterocycles. The number of benzene rings is 2. The highest BCUT2D eigenvalue weighted by Crippen LogP contribution is 2.37. The monoisotopic (exact) mass is 275 g/mol. The topological polar surface area (TPSA) is 4.93 Å². The van der Waals surface area contributed by atoms with Crippen molar-refractivity contribution >= 4 is 10.8 Å². The highest BCUT2D eigenvalue weighted by atomic mass is 15.0. The van der Waals surface area contributed by atoms with Crippen LogP contribution in [0.15, 0.2) is 60.8 Å². The van der Waals surface area contributed by atoms with Crippen molar-refractivity contribution < 1.29 is 0 Å². The first-order chi connectivity index (χ1) is 10.4. The summed E-state index contributed by atoms with van der Waals surface area (Å²) in [6, 6.07) is 20.3. The van der Waals surface area contributed by atoms with E-state index in [0.717, 1.165) is 0 Å². The lowest BCUT2D eigenvalue weighted by molar-refractivity contribution is 0.357. The summed E-state index contributed by atoms with van der Waals surface area (Å²) >= 11 is 0. The van der Waals surface area contributed by atoms with E-state index in [4.69, 9.17) is 0 Å². The zero-order valence-corrected chi connectivity index (χ0v) is 12.3. The van der Waals surface area contributed by atoms with Crippen LogP contribution >= 0.6 is 0 Å². The first-order valence-corrected chi connectivity index (χ1v) is 8.08. The molecule has 0 radical (unpaired) electrons. The number of hydrogen-bond donors (Lipinski definition) is 0. The van der Waals surface area contributed by atoms with Gasteiger partial charge in [0.25, 0.3) is 0 Å². The summed E-state index contributed by atoms with van der Waals surface area (Å²) in [6.45, 7) is 0. The molecule has 1 nitrogen and oxygen atoms in total. The van der Waals surface area contributed by atoms with Gasteiger partial charge in [0.2, 0.25) is 0 Å². The van der Waals surface area contributed by atoms with Crippen LogP contribution in [-0.2, 0) is 0 Å². The summed E-state index contributed by atoms with van der Waals surface area (Å²) in [4.78, 5) is 0. The van der Waals surface area contributed by atoms with Gasteiger partial charge in [0.15, 0.2) is 0 Å². The minimum atomic E-state index is 0.668. The van der Waals surface area contributed by atoms with E-state index in [1.165, 1.54) is 54.1 Å². The highest BCUT2D eigenvalue weighted by molar-refractivity contribution is 5.96. The lowest BCUT2D eigenvalue weighted by atomic mass is 9.95. The van der Waals surface area contributed by atoms with Gasteiger partial charge in [-0.05, 0) is 18.4 Å². The second-order valence-electron chi connectivity index (χ2n) is 6.13. The molecule has 1 fully saturated rings. The van der Waals surface area contributed by atoms with E-state index in [1.54, 1.807) is 0 Å². The molecule has 4 rings (SSSR count). The van der Waals surface area contributed by atoms with Crippen LogP contribution in [0.3, 0.4) is 0 Å². The van der Waals surface area contributed by atoms with Gasteiger partial charge in [-0.1, -0.05) is 73.9 Å². The molecule has 0 aliphatic heterocycles. The predicted octanol–water partition coefficient (Wildman–Crippen LogP) is 5.81. The van der Waals surface area contributed by atoms with E-state index in [-0.39, 0.29) is 0 Å². The Morgan fingerprint density at radius 1 is 0.762 bits per heavy atom. The molecule has 1 aliphatic carbocycles. The molecule has 0 spiro atoms. The van der Waals surface area contributed by atoms with E-state index >= 15 is 0 Å². The molecule has 3 aromatic rings. The third-order valence-electron chi connectivity index (χ3n) is 4.77. The minimum Gasteiger partial charge on any atom is -0.343 e. The Bertz CT molecular complexity index is 733. The second kappa shape index (κ2) is 5.40. The van der Waals surface area contributed by atoms with Crippen LogP contribution in [0.25, 0.3) is 22.0 Å². The Balaban J connectivity index is 1.92. The molecular formula is C20H21N. The fourth-order valence-corrected chi connectivity index (χ4v) is 3.73. The van der Waals surface area contributed by atoms with Crippen molar-refractivity contribution in [3.05, 3.63) is 60.8 Å². The smallest absolute Gasteiger partial charge is 0.0562 e. The Hall–Kier alpha value is -2.02. The van der Waals surface area contributed by atoms with Crippen LogP contribution in [0.4, 0.5) is 0 Å². The van der Waals surface area contributed by atoms with Gasteiger partial charge in [-0.3, -0.25) is 0 Å². The van der Waals surface area contributed by atoms with Crippen LogP contribution < -0.4 is 0 Å².